The average Bonchev–Trinajstić information content (AvgIpc) is 2.85. The molecule has 178 valence electrons. The number of allylic oxidation sites excluding steroid dienone is 5. The van der Waals surface area contributed by atoms with Crippen LogP contribution in [-0.4, -0.2) is 23.8 Å². The summed E-state index contributed by atoms with van der Waals surface area (Å²) in [6.45, 7) is 21.9. The topological polar surface area (TPSA) is 52.3 Å². The van der Waals surface area contributed by atoms with Crippen LogP contribution in [0.4, 0.5) is 5.82 Å². The highest BCUT2D eigenvalue weighted by Gasteiger charge is 2.18. The molecule has 1 aliphatic heterocycles. The molecule has 0 atom stereocenters. The maximum absolute atomic E-state index is 9.93. The van der Waals surface area contributed by atoms with Crippen LogP contribution in [0.3, 0.4) is 0 Å². The van der Waals surface area contributed by atoms with Crippen LogP contribution in [0.2, 0.25) is 0 Å². The van der Waals surface area contributed by atoms with Crippen LogP contribution in [0, 0.1) is 18.3 Å². The van der Waals surface area contributed by atoms with Crippen molar-refractivity contribution in [1.82, 2.24) is 4.98 Å². The highest BCUT2D eigenvalue weighted by Crippen LogP contribution is 2.30. The van der Waals surface area contributed by atoms with Crippen LogP contribution in [0.15, 0.2) is 71.4 Å². The summed E-state index contributed by atoms with van der Waals surface area (Å²) in [6, 6.07) is 8.46. The number of nitriles is 1. The van der Waals surface area contributed by atoms with Crippen molar-refractivity contribution in [3.05, 3.63) is 83.1 Å². The van der Waals surface area contributed by atoms with Gasteiger partial charge in [0.2, 0.25) is 0 Å². The Morgan fingerprint density at radius 2 is 1.85 bits per heavy atom. The summed E-state index contributed by atoms with van der Waals surface area (Å²) < 4.78 is 0. The third kappa shape index (κ3) is 5.91. The monoisotopic (exact) mass is 454 g/mol. The molecule has 0 amide bonds. The molecule has 2 heterocycles. The van der Waals surface area contributed by atoms with Crippen molar-refractivity contribution in [2.24, 2.45) is 4.99 Å². The van der Waals surface area contributed by atoms with E-state index in [0.29, 0.717) is 5.56 Å². The number of rotatable bonds is 6. The number of hydrogen-bond acceptors (Lipinski definition) is 4. The molecule has 0 radical (unpaired) electrons. The molecule has 0 spiro atoms. The number of nitrogens with zero attached hydrogens (tertiary/aromatic N) is 4. The summed E-state index contributed by atoms with van der Waals surface area (Å²) in [5, 5.41) is 10.8. The van der Waals surface area contributed by atoms with Gasteiger partial charge in [-0.2, -0.15) is 5.26 Å². The van der Waals surface area contributed by atoms with E-state index in [1.54, 1.807) is 6.08 Å². The van der Waals surface area contributed by atoms with Gasteiger partial charge in [-0.25, -0.2) is 4.98 Å². The van der Waals surface area contributed by atoms with Gasteiger partial charge in [0.25, 0.3) is 0 Å². The molecule has 0 aliphatic carbocycles. The molecule has 1 fully saturated rings. The van der Waals surface area contributed by atoms with Crippen molar-refractivity contribution in [2.75, 3.05) is 18.0 Å². The van der Waals surface area contributed by atoms with E-state index in [2.05, 4.69) is 30.2 Å². The molecule has 34 heavy (non-hydrogen) atoms. The third-order valence-corrected chi connectivity index (χ3v) is 5.90. The van der Waals surface area contributed by atoms with E-state index in [-0.39, 0.29) is 0 Å². The molecule has 0 bridgehead atoms. The van der Waals surface area contributed by atoms with E-state index in [0.717, 1.165) is 76.3 Å². The average molecular weight is 455 g/mol. The van der Waals surface area contributed by atoms with E-state index in [1.165, 1.54) is 6.42 Å². The number of benzene rings is 1. The molecular weight excluding hydrogens is 416 g/mol. The predicted molar refractivity (Wildman–Crippen MR) is 148 cm³/mol. The smallest absolute Gasteiger partial charge is 0.130 e. The summed E-state index contributed by atoms with van der Waals surface area (Å²) in [5.74, 6) is 0.881. The van der Waals surface area contributed by atoms with Gasteiger partial charge in [0.15, 0.2) is 0 Å². The maximum Gasteiger partial charge on any atom is 0.130 e. The highest BCUT2D eigenvalue weighted by atomic mass is 15.2. The van der Waals surface area contributed by atoms with Crippen molar-refractivity contribution in [1.29, 1.82) is 5.26 Å². The van der Waals surface area contributed by atoms with Crippen LogP contribution in [0.5, 0.6) is 0 Å². The fourth-order valence-electron chi connectivity index (χ4n) is 4.24. The van der Waals surface area contributed by atoms with E-state index >= 15 is 0 Å². The quantitative estimate of drug-likeness (QED) is 0.330. The van der Waals surface area contributed by atoms with Gasteiger partial charge < -0.3 is 4.90 Å². The summed E-state index contributed by atoms with van der Waals surface area (Å²) in [6.07, 6.45) is 9.30. The summed E-state index contributed by atoms with van der Waals surface area (Å²) >= 11 is 0. The number of anilines is 1. The second-order valence-electron chi connectivity index (χ2n) is 8.32. The van der Waals surface area contributed by atoms with Crippen LogP contribution in [0.1, 0.15) is 70.6 Å². The number of fused-ring (bicyclic) bond motifs is 1. The lowest BCUT2D eigenvalue weighted by Crippen LogP contribution is -2.30. The van der Waals surface area contributed by atoms with Gasteiger partial charge in [-0.15, -0.1) is 0 Å². The number of aliphatic imine (C=N–C) groups is 1. The first-order valence-corrected chi connectivity index (χ1v) is 12.2. The van der Waals surface area contributed by atoms with Crippen LogP contribution in [-0.2, 0) is 0 Å². The van der Waals surface area contributed by atoms with Gasteiger partial charge in [-0.1, -0.05) is 51.3 Å². The minimum Gasteiger partial charge on any atom is -0.357 e. The number of hydrogen-bond donors (Lipinski definition) is 0. The number of pyridine rings is 1. The van der Waals surface area contributed by atoms with Gasteiger partial charge in [-0.3, -0.25) is 4.99 Å². The fourth-order valence-corrected chi connectivity index (χ4v) is 4.24. The molecule has 1 aromatic heterocycles. The molecule has 3 rings (SSSR count). The van der Waals surface area contributed by atoms with Crippen molar-refractivity contribution >= 4 is 22.4 Å². The Morgan fingerprint density at radius 1 is 1.18 bits per heavy atom. The fraction of sp³-hybridized carbons (Fsp3) is 0.367. The van der Waals surface area contributed by atoms with E-state index in [4.69, 9.17) is 9.98 Å². The number of piperidine rings is 1. The van der Waals surface area contributed by atoms with Crippen molar-refractivity contribution < 1.29 is 0 Å². The first kappa shape index (κ1) is 26.8. The molecule has 1 saturated heterocycles. The highest BCUT2D eigenvalue weighted by molar-refractivity contribution is 6.10. The Morgan fingerprint density at radius 3 is 2.41 bits per heavy atom. The Labute approximate surface area is 205 Å². The first-order valence-electron chi connectivity index (χ1n) is 12.2. The van der Waals surface area contributed by atoms with Gasteiger partial charge >= 0.3 is 0 Å². The minimum atomic E-state index is 0.667. The molecular formula is C30H38N4. The Bertz CT molecular complexity index is 1180. The molecule has 2 aromatic rings. The van der Waals surface area contributed by atoms with Gasteiger partial charge in [0, 0.05) is 35.3 Å². The zero-order valence-corrected chi connectivity index (χ0v) is 21.7. The Hall–Kier alpha value is -3.45. The third-order valence-electron chi connectivity index (χ3n) is 5.90. The molecule has 1 aliphatic rings. The van der Waals surface area contributed by atoms with Crippen molar-refractivity contribution in [2.45, 2.75) is 60.8 Å². The van der Waals surface area contributed by atoms with Crippen molar-refractivity contribution in [3.8, 4) is 6.07 Å². The molecule has 4 heteroatoms. The molecule has 0 N–H and O–H groups in total. The van der Waals surface area contributed by atoms with Gasteiger partial charge in [0.05, 0.1) is 22.8 Å². The van der Waals surface area contributed by atoms with E-state index in [1.807, 2.05) is 65.8 Å². The Balaban J connectivity index is 0.00000199. The first-order chi connectivity index (χ1) is 16.4. The zero-order chi connectivity index (χ0) is 25.3. The maximum atomic E-state index is 9.93. The van der Waals surface area contributed by atoms with E-state index < -0.39 is 0 Å². The predicted octanol–water partition coefficient (Wildman–Crippen LogP) is 7.83. The van der Waals surface area contributed by atoms with Gasteiger partial charge in [0.1, 0.15) is 5.82 Å². The van der Waals surface area contributed by atoms with Crippen LogP contribution >= 0.6 is 0 Å². The number of aromatic nitrogens is 1. The zero-order valence-electron chi connectivity index (χ0n) is 21.7. The summed E-state index contributed by atoms with van der Waals surface area (Å²) in [7, 11) is 0. The van der Waals surface area contributed by atoms with Gasteiger partial charge in [-0.05, 0) is 70.2 Å². The lowest BCUT2D eigenvalue weighted by atomic mass is 9.98. The second kappa shape index (κ2) is 12.7. The molecule has 0 unspecified atom stereocenters. The van der Waals surface area contributed by atoms with E-state index in [9.17, 15) is 5.26 Å². The molecule has 0 saturated carbocycles. The summed E-state index contributed by atoms with van der Waals surface area (Å²) in [5.41, 5.74) is 6.97. The standard InChI is InChI=1S/C28H32N4.C2H6/c1-7-12-25(23(8-2)19(3)4)30-21(6)24-14-13-20(5)27-22(18-29)17-26(31-28(24)27)32-15-10-9-11-16-32;1-2/h7-8,12-14,17H,2-3,9-11,15-16H2,1,4-6H3;1-2H3/b12-7-,25-23-,30-21?;. The summed E-state index contributed by atoms with van der Waals surface area (Å²) in [4.78, 5) is 12.3. The largest absolute Gasteiger partial charge is 0.357 e. The SMILES string of the molecule is C=C/C(C(=C)C)=C(\C=C/C)N=C(C)c1ccc(C)c2c(C#N)cc(N3CCCCC3)nc12.CC. The Kier molecular flexibility index (Phi) is 10.0. The normalized spacial score (nSPS) is 14.9. The molecule has 4 nitrogen and oxygen atoms in total. The van der Waals surface area contributed by atoms with Crippen LogP contribution < -0.4 is 4.90 Å². The number of aryl methyl sites for hydroxylation is 1. The second-order valence-corrected chi connectivity index (χ2v) is 8.32. The molecule has 1 aromatic carbocycles. The minimum absolute atomic E-state index is 0.667. The lowest BCUT2D eigenvalue weighted by Gasteiger charge is -2.28. The van der Waals surface area contributed by atoms with Crippen molar-refractivity contribution in [3.63, 3.8) is 0 Å². The van der Waals surface area contributed by atoms with Crippen LogP contribution in [0.25, 0.3) is 10.9 Å². The lowest BCUT2D eigenvalue weighted by molar-refractivity contribution is 0.574.